The standard InChI is InChI=1S/C22H20N8O3S2/c1-24-21(31)17-11-28-22(34-17)16-10-27-20-15(3-5-26-20)19(16)29-13-7-14(8-13)30-35(32,33)18-6-12(9-23)2-4-25-18/h2-6,10-11,13-14,30H,7-8H2,1H3,(H,24,31)(H2,26,27,29). The van der Waals surface area contributed by atoms with Crippen molar-refractivity contribution in [3.8, 4) is 16.6 Å². The normalized spacial score (nSPS) is 17.5. The molecule has 0 spiro atoms. The van der Waals surface area contributed by atoms with Gasteiger partial charge in [-0.15, -0.1) is 11.3 Å². The van der Waals surface area contributed by atoms with Crippen molar-refractivity contribution in [1.29, 1.82) is 5.26 Å². The average Bonchev–Trinajstić information content (AvgIpc) is 3.52. The van der Waals surface area contributed by atoms with Crippen LogP contribution in [0.5, 0.6) is 0 Å². The maximum Gasteiger partial charge on any atom is 0.262 e. The van der Waals surface area contributed by atoms with Crippen LogP contribution in [0.4, 0.5) is 5.69 Å². The molecule has 1 amide bonds. The molecular weight excluding hydrogens is 488 g/mol. The maximum absolute atomic E-state index is 12.7. The quantitative estimate of drug-likeness (QED) is 0.295. The number of amides is 1. The third-order valence-electron chi connectivity index (χ3n) is 5.72. The van der Waals surface area contributed by atoms with Gasteiger partial charge in [0.05, 0.1) is 29.1 Å². The molecule has 4 heterocycles. The molecule has 13 heteroatoms. The summed E-state index contributed by atoms with van der Waals surface area (Å²) in [4.78, 5) is 28.3. The Morgan fingerprint density at radius 3 is 2.80 bits per heavy atom. The lowest BCUT2D eigenvalue weighted by molar-refractivity contribution is 0.0967. The molecule has 0 radical (unpaired) electrons. The van der Waals surface area contributed by atoms with Gasteiger partial charge in [0, 0.05) is 43.1 Å². The highest BCUT2D eigenvalue weighted by molar-refractivity contribution is 7.89. The number of sulfonamides is 1. The molecule has 1 saturated carbocycles. The number of nitrogens with one attached hydrogen (secondary N) is 4. The first kappa shape index (κ1) is 22.9. The molecule has 0 saturated heterocycles. The van der Waals surface area contributed by atoms with E-state index in [-0.39, 0.29) is 28.6 Å². The van der Waals surface area contributed by atoms with E-state index in [1.165, 1.54) is 35.9 Å². The van der Waals surface area contributed by atoms with Gasteiger partial charge in [-0.3, -0.25) is 4.79 Å². The Labute approximate surface area is 204 Å². The molecule has 178 valence electrons. The molecule has 0 aromatic carbocycles. The fourth-order valence-electron chi connectivity index (χ4n) is 3.89. The SMILES string of the molecule is CNC(=O)c1cnc(-c2cnc3[nH]ccc3c2NC2CC(NS(=O)(=O)c3cc(C#N)ccn3)C2)s1. The van der Waals surface area contributed by atoms with E-state index in [4.69, 9.17) is 5.26 Å². The lowest BCUT2D eigenvalue weighted by Crippen LogP contribution is -2.49. The summed E-state index contributed by atoms with van der Waals surface area (Å²) in [5.74, 6) is -0.206. The van der Waals surface area contributed by atoms with E-state index in [9.17, 15) is 13.2 Å². The van der Waals surface area contributed by atoms with Crippen molar-refractivity contribution in [2.75, 3.05) is 12.4 Å². The second-order valence-corrected chi connectivity index (χ2v) is 10.7. The number of fused-ring (bicyclic) bond motifs is 1. The highest BCUT2D eigenvalue weighted by Gasteiger charge is 2.34. The highest BCUT2D eigenvalue weighted by Crippen LogP contribution is 2.38. The molecule has 0 atom stereocenters. The van der Waals surface area contributed by atoms with Gasteiger partial charge in [0.15, 0.2) is 5.03 Å². The molecular formula is C22H20N8O3S2. The molecule has 4 aromatic rings. The third-order valence-corrected chi connectivity index (χ3v) is 8.17. The summed E-state index contributed by atoms with van der Waals surface area (Å²) in [6.45, 7) is 0. The lowest BCUT2D eigenvalue weighted by atomic mass is 9.87. The Balaban J connectivity index is 1.33. The zero-order chi connectivity index (χ0) is 24.6. The number of carbonyl (C=O) groups is 1. The average molecular weight is 509 g/mol. The first-order valence-electron chi connectivity index (χ1n) is 10.7. The Hall–Kier alpha value is -3.86. The summed E-state index contributed by atoms with van der Waals surface area (Å²) < 4.78 is 28.0. The van der Waals surface area contributed by atoms with Crippen LogP contribution in [0.3, 0.4) is 0 Å². The van der Waals surface area contributed by atoms with Crippen molar-refractivity contribution >= 4 is 44.0 Å². The van der Waals surface area contributed by atoms with Gasteiger partial charge in [-0.25, -0.2) is 28.1 Å². The summed E-state index contributed by atoms with van der Waals surface area (Å²) in [5.41, 5.74) is 2.53. The van der Waals surface area contributed by atoms with Gasteiger partial charge in [0.1, 0.15) is 15.5 Å². The van der Waals surface area contributed by atoms with Crippen LogP contribution in [0, 0.1) is 11.3 Å². The first-order valence-corrected chi connectivity index (χ1v) is 13.0. The number of carbonyl (C=O) groups excluding carboxylic acids is 1. The number of hydrogen-bond acceptors (Lipinski definition) is 9. The lowest BCUT2D eigenvalue weighted by Gasteiger charge is -2.37. The zero-order valence-electron chi connectivity index (χ0n) is 18.4. The molecule has 5 rings (SSSR count). The monoisotopic (exact) mass is 508 g/mol. The molecule has 4 N–H and O–H groups in total. The number of aromatic nitrogens is 4. The number of rotatable bonds is 7. The minimum absolute atomic E-state index is 0.0127. The summed E-state index contributed by atoms with van der Waals surface area (Å²) in [6, 6.07) is 6.29. The van der Waals surface area contributed by atoms with E-state index in [1.807, 2.05) is 12.1 Å². The van der Waals surface area contributed by atoms with Gasteiger partial charge >= 0.3 is 0 Å². The van der Waals surface area contributed by atoms with Crippen LogP contribution in [0.15, 0.2) is 48.0 Å². The fourth-order valence-corrected chi connectivity index (χ4v) is 6.01. The molecule has 1 aliphatic carbocycles. The van der Waals surface area contributed by atoms with E-state index in [0.29, 0.717) is 28.4 Å². The predicted molar refractivity (Wildman–Crippen MR) is 130 cm³/mol. The molecule has 0 bridgehead atoms. The number of nitrogens with zero attached hydrogens (tertiary/aromatic N) is 4. The first-order chi connectivity index (χ1) is 16.9. The number of thiazole rings is 1. The second-order valence-electron chi connectivity index (χ2n) is 8.02. The van der Waals surface area contributed by atoms with E-state index in [1.54, 1.807) is 19.4 Å². The van der Waals surface area contributed by atoms with Gasteiger partial charge in [0.2, 0.25) is 0 Å². The van der Waals surface area contributed by atoms with Crippen LogP contribution in [-0.2, 0) is 10.0 Å². The van der Waals surface area contributed by atoms with Crippen molar-refractivity contribution in [1.82, 2.24) is 30.0 Å². The molecule has 35 heavy (non-hydrogen) atoms. The van der Waals surface area contributed by atoms with Crippen molar-refractivity contribution in [2.24, 2.45) is 0 Å². The Morgan fingerprint density at radius 2 is 2.03 bits per heavy atom. The van der Waals surface area contributed by atoms with Gasteiger partial charge < -0.3 is 15.6 Å². The summed E-state index contributed by atoms with van der Waals surface area (Å²) in [5, 5.41) is 16.5. The van der Waals surface area contributed by atoms with Gasteiger partial charge in [-0.1, -0.05) is 0 Å². The molecule has 4 aromatic heterocycles. The van der Waals surface area contributed by atoms with Gasteiger partial charge in [0.25, 0.3) is 15.9 Å². The number of hydrogen-bond donors (Lipinski definition) is 4. The minimum atomic E-state index is -3.84. The van der Waals surface area contributed by atoms with Crippen LogP contribution in [-0.4, -0.2) is 53.4 Å². The van der Waals surface area contributed by atoms with Crippen molar-refractivity contribution in [3.63, 3.8) is 0 Å². The molecule has 0 unspecified atom stereocenters. The van der Waals surface area contributed by atoms with Crippen molar-refractivity contribution < 1.29 is 13.2 Å². The number of H-pyrrole nitrogens is 1. The van der Waals surface area contributed by atoms with Crippen molar-refractivity contribution in [3.05, 3.63) is 53.4 Å². The van der Waals surface area contributed by atoms with Crippen LogP contribution >= 0.6 is 11.3 Å². The van der Waals surface area contributed by atoms with Crippen LogP contribution in [0.25, 0.3) is 21.6 Å². The Bertz CT molecular complexity index is 1560. The van der Waals surface area contributed by atoms with Gasteiger partial charge in [-0.05, 0) is 31.0 Å². The van der Waals surface area contributed by atoms with E-state index in [0.717, 1.165) is 16.6 Å². The number of pyridine rings is 2. The Morgan fingerprint density at radius 1 is 1.20 bits per heavy atom. The largest absolute Gasteiger partial charge is 0.381 e. The van der Waals surface area contributed by atoms with E-state index >= 15 is 0 Å². The number of nitriles is 1. The van der Waals surface area contributed by atoms with Crippen LogP contribution < -0.4 is 15.4 Å². The minimum Gasteiger partial charge on any atom is -0.381 e. The van der Waals surface area contributed by atoms with E-state index < -0.39 is 10.0 Å². The second kappa shape index (κ2) is 9.06. The number of anilines is 1. The third kappa shape index (κ3) is 4.46. The maximum atomic E-state index is 12.7. The molecule has 1 aliphatic rings. The van der Waals surface area contributed by atoms with E-state index in [2.05, 4.69) is 35.3 Å². The predicted octanol–water partition coefficient (Wildman–Crippen LogP) is 2.23. The topological polar surface area (TPSA) is 166 Å². The zero-order valence-corrected chi connectivity index (χ0v) is 20.1. The summed E-state index contributed by atoms with van der Waals surface area (Å²) >= 11 is 1.27. The van der Waals surface area contributed by atoms with Gasteiger partial charge in [-0.2, -0.15) is 5.26 Å². The highest BCUT2D eigenvalue weighted by atomic mass is 32.2. The van der Waals surface area contributed by atoms with Crippen LogP contribution in [0.1, 0.15) is 28.1 Å². The van der Waals surface area contributed by atoms with Crippen molar-refractivity contribution in [2.45, 2.75) is 30.0 Å². The number of aromatic amines is 1. The smallest absolute Gasteiger partial charge is 0.262 e. The van der Waals surface area contributed by atoms with Crippen LogP contribution in [0.2, 0.25) is 0 Å². The Kier molecular flexibility index (Phi) is 5.93. The summed E-state index contributed by atoms with van der Waals surface area (Å²) in [7, 11) is -2.27. The summed E-state index contributed by atoms with van der Waals surface area (Å²) in [6.07, 6.45) is 7.47. The molecule has 1 fully saturated rings. The molecule has 11 nitrogen and oxygen atoms in total. The molecule has 0 aliphatic heterocycles. The fraction of sp³-hybridized carbons (Fsp3) is 0.227.